The molecule has 2 rings (SSSR count). The minimum absolute atomic E-state index is 0.102. The zero-order valence-electron chi connectivity index (χ0n) is 10.4. The number of hydrogen-bond acceptors (Lipinski definition) is 5. The molecule has 2 aromatic heterocycles. The maximum Gasteiger partial charge on any atom is 0.287 e. The van der Waals surface area contributed by atoms with Crippen molar-refractivity contribution in [1.82, 2.24) is 15.1 Å². The Morgan fingerprint density at radius 1 is 1.45 bits per heavy atom. The van der Waals surface area contributed by atoms with Gasteiger partial charge in [-0.3, -0.25) is 14.3 Å². The first kappa shape index (κ1) is 13.4. The summed E-state index contributed by atoms with van der Waals surface area (Å²) in [4.78, 5) is 23.1. The number of furan rings is 1. The fourth-order valence-electron chi connectivity index (χ4n) is 1.43. The highest BCUT2D eigenvalue weighted by molar-refractivity contribution is 5.97. The minimum Gasteiger partial charge on any atom is -0.459 e. The van der Waals surface area contributed by atoms with Gasteiger partial charge in [-0.15, -0.1) is 0 Å². The van der Waals surface area contributed by atoms with E-state index in [0.29, 0.717) is 5.82 Å². The maximum absolute atomic E-state index is 11.6. The number of hydrogen-bond donors (Lipinski definition) is 2. The van der Waals surface area contributed by atoms with Gasteiger partial charge in [0.25, 0.3) is 5.91 Å². The second-order valence-electron chi connectivity index (χ2n) is 3.76. The topological polar surface area (TPSA) is 113 Å². The fourth-order valence-corrected chi connectivity index (χ4v) is 1.43. The molecule has 0 radical (unpaired) electrons. The summed E-state index contributed by atoms with van der Waals surface area (Å²) in [7, 11) is 0. The highest BCUT2D eigenvalue weighted by Crippen LogP contribution is 2.02. The highest BCUT2D eigenvalue weighted by atomic mass is 16.3. The van der Waals surface area contributed by atoms with E-state index >= 15 is 0 Å². The summed E-state index contributed by atoms with van der Waals surface area (Å²) in [5.41, 5.74) is 0. The number of aromatic nitrogens is 2. The van der Waals surface area contributed by atoms with Crippen LogP contribution in [0.15, 0.2) is 35.1 Å². The van der Waals surface area contributed by atoms with E-state index < -0.39 is 11.8 Å². The molecule has 8 nitrogen and oxygen atoms in total. The molecular weight excluding hydrogens is 262 g/mol. The van der Waals surface area contributed by atoms with Crippen molar-refractivity contribution in [3.8, 4) is 6.07 Å². The zero-order valence-corrected chi connectivity index (χ0v) is 10.4. The predicted octanol–water partition coefficient (Wildman–Crippen LogP) is 0.368. The smallest absolute Gasteiger partial charge is 0.287 e. The van der Waals surface area contributed by atoms with Crippen molar-refractivity contribution in [2.45, 2.75) is 6.54 Å². The lowest BCUT2D eigenvalue weighted by molar-refractivity contribution is -0.115. The largest absolute Gasteiger partial charge is 0.459 e. The molecule has 0 spiro atoms. The summed E-state index contributed by atoms with van der Waals surface area (Å²) in [5.74, 6) is -0.444. The lowest BCUT2D eigenvalue weighted by Crippen LogP contribution is -2.32. The summed E-state index contributed by atoms with van der Waals surface area (Å²) in [6.45, 7) is -0.101. The Morgan fingerprint density at radius 2 is 2.30 bits per heavy atom. The van der Waals surface area contributed by atoms with E-state index in [1.165, 1.54) is 17.0 Å². The fraction of sp³-hybridized carbons (Fsp3) is 0.167. The van der Waals surface area contributed by atoms with Crippen molar-refractivity contribution in [3.63, 3.8) is 0 Å². The van der Waals surface area contributed by atoms with Crippen molar-refractivity contribution in [2.24, 2.45) is 0 Å². The van der Waals surface area contributed by atoms with Crippen molar-refractivity contribution >= 4 is 17.6 Å². The first-order valence-electron chi connectivity index (χ1n) is 5.71. The van der Waals surface area contributed by atoms with Crippen LogP contribution in [0.1, 0.15) is 10.6 Å². The van der Waals surface area contributed by atoms with Crippen LogP contribution in [0.3, 0.4) is 0 Å². The Labute approximate surface area is 114 Å². The molecule has 2 heterocycles. The average molecular weight is 273 g/mol. The standard InChI is InChI=1S/C12H11N5O3/c13-4-6-17-5-3-10(16-17)15-11(18)8-14-12(19)9-2-1-7-20-9/h1-3,5,7H,6,8H2,(H,14,19)(H,15,16,18). The molecule has 102 valence electrons. The molecule has 2 N–H and O–H groups in total. The summed E-state index contributed by atoms with van der Waals surface area (Å²) >= 11 is 0. The molecule has 0 aliphatic carbocycles. The van der Waals surface area contributed by atoms with Crippen LogP contribution in [0.5, 0.6) is 0 Å². The molecule has 0 saturated carbocycles. The van der Waals surface area contributed by atoms with E-state index in [2.05, 4.69) is 15.7 Å². The monoisotopic (exact) mass is 273 g/mol. The number of carbonyl (C=O) groups excluding carboxylic acids is 2. The normalized spacial score (nSPS) is 9.75. The minimum atomic E-state index is -0.472. The van der Waals surface area contributed by atoms with Gasteiger partial charge >= 0.3 is 0 Å². The molecule has 0 bridgehead atoms. The number of anilines is 1. The Morgan fingerprint density at radius 3 is 3.00 bits per heavy atom. The third-order valence-corrected chi connectivity index (χ3v) is 2.30. The van der Waals surface area contributed by atoms with Gasteiger partial charge in [-0.1, -0.05) is 0 Å². The first-order valence-corrected chi connectivity index (χ1v) is 5.71. The lowest BCUT2D eigenvalue weighted by atomic mass is 10.4. The quantitative estimate of drug-likeness (QED) is 0.817. The second kappa shape index (κ2) is 6.19. The summed E-state index contributed by atoms with van der Waals surface area (Å²) in [5, 5.41) is 17.3. The predicted molar refractivity (Wildman–Crippen MR) is 67.5 cm³/mol. The number of nitriles is 1. The van der Waals surface area contributed by atoms with Gasteiger partial charge in [0.05, 0.1) is 18.9 Å². The van der Waals surface area contributed by atoms with Gasteiger partial charge in [0.15, 0.2) is 11.6 Å². The van der Waals surface area contributed by atoms with E-state index in [4.69, 9.17) is 9.68 Å². The van der Waals surface area contributed by atoms with Gasteiger partial charge in [0.2, 0.25) is 5.91 Å². The van der Waals surface area contributed by atoms with Crippen LogP contribution in [0.2, 0.25) is 0 Å². The molecule has 8 heteroatoms. The van der Waals surface area contributed by atoms with Gasteiger partial charge in [0.1, 0.15) is 6.54 Å². The Kier molecular flexibility index (Phi) is 4.14. The molecule has 0 unspecified atom stereocenters. The van der Waals surface area contributed by atoms with Crippen LogP contribution in [0.4, 0.5) is 5.82 Å². The Bertz CT molecular complexity index is 638. The molecule has 0 aromatic carbocycles. The average Bonchev–Trinajstić information content (AvgIpc) is 3.08. The lowest BCUT2D eigenvalue weighted by Gasteiger charge is -2.03. The van der Waals surface area contributed by atoms with Crippen LogP contribution in [-0.4, -0.2) is 28.1 Å². The van der Waals surface area contributed by atoms with Gasteiger partial charge in [-0.05, 0) is 12.1 Å². The van der Waals surface area contributed by atoms with Gasteiger partial charge in [-0.25, -0.2) is 0 Å². The molecule has 0 fully saturated rings. The summed E-state index contributed by atoms with van der Waals surface area (Å²) < 4.78 is 6.27. The van der Waals surface area contributed by atoms with Crippen LogP contribution >= 0.6 is 0 Å². The molecule has 0 aliphatic rings. The summed E-state index contributed by atoms with van der Waals surface area (Å²) in [6, 6.07) is 6.56. The third-order valence-electron chi connectivity index (χ3n) is 2.30. The van der Waals surface area contributed by atoms with Crippen LogP contribution in [0, 0.1) is 11.3 Å². The van der Waals surface area contributed by atoms with Crippen LogP contribution < -0.4 is 10.6 Å². The van der Waals surface area contributed by atoms with Crippen molar-refractivity contribution in [3.05, 3.63) is 36.4 Å². The Hall–Kier alpha value is -3.08. The van der Waals surface area contributed by atoms with E-state index in [1.807, 2.05) is 6.07 Å². The van der Waals surface area contributed by atoms with Crippen molar-refractivity contribution in [2.75, 3.05) is 11.9 Å². The number of rotatable bonds is 5. The van der Waals surface area contributed by atoms with E-state index in [9.17, 15) is 9.59 Å². The number of amides is 2. The van der Waals surface area contributed by atoms with Gasteiger partial charge < -0.3 is 15.1 Å². The van der Waals surface area contributed by atoms with Crippen molar-refractivity contribution < 1.29 is 14.0 Å². The van der Waals surface area contributed by atoms with E-state index in [1.54, 1.807) is 18.3 Å². The molecule has 2 aromatic rings. The van der Waals surface area contributed by atoms with Crippen LogP contribution in [-0.2, 0) is 11.3 Å². The molecule has 2 amide bonds. The van der Waals surface area contributed by atoms with Crippen molar-refractivity contribution in [1.29, 1.82) is 5.26 Å². The molecule has 0 atom stereocenters. The SMILES string of the molecule is N#CCn1ccc(NC(=O)CNC(=O)c2ccco2)n1. The van der Waals surface area contributed by atoms with Gasteiger partial charge in [-0.2, -0.15) is 10.4 Å². The second-order valence-corrected chi connectivity index (χ2v) is 3.76. The van der Waals surface area contributed by atoms with E-state index in [0.717, 1.165) is 0 Å². The Balaban J connectivity index is 1.80. The van der Waals surface area contributed by atoms with Gasteiger partial charge in [0, 0.05) is 12.3 Å². The highest BCUT2D eigenvalue weighted by Gasteiger charge is 2.10. The third kappa shape index (κ3) is 3.46. The first-order chi connectivity index (χ1) is 9.69. The molecule has 0 saturated heterocycles. The molecular formula is C12H11N5O3. The molecule has 0 aliphatic heterocycles. The maximum atomic E-state index is 11.6. The number of carbonyl (C=O) groups is 2. The summed E-state index contributed by atoms with van der Waals surface area (Å²) in [6.07, 6.45) is 2.94. The van der Waals surface area contributed by atoms with Crippen LogP contribution in [0.25, 0.3) is 0 Å². The number of nitrogens with one attached hydrogen (secondary N) is 2. The van der Waals surface area contributed by atoms with E-state index in [-0.39, 0.29) is 18.8 Å². The molecule has 20 heavy (non-hydrogen) atoms. The zero-order chi connectivity index (χ0) is 14.4. The number of nitrogens with zero attached hydrogens (tertiary/aromatic N) is 3.